The minimum absolute atomic E-state index is 0.00860. The highest BCUT2D eigenvalue weighted by Gasteiger charge is 2.14. The number of nitrogens with one attached hydrogen (secondary N) is 1. The van der Waals surface area contributed by atoms with Crippen molar-refractivity contribution in [1.29, 1.82) is 0 Å². The molecule has 0 bridgehead atoms. The Morgan fingerprint density at radius 2 is 1.80 bits per heavy atom. The Labute approximate surface area is 93.7 Å². The second-order valence-electron chi connectivity index (χ2n) is 4.45. The van der Waals surface area contributed by atoms with E-state index in [2.05, 4.69) is 4.72 Å². The molecule has 1 atom stereocenters. The predicted molar refractivity (Wildman–Crippen MR) is 64.1 cm³/mol. The highest BCUT2D eigenvalue weighted by atomic mass is 32.2. The number of hydrogen-bond acceptors (Lipinski definition) is 3. The van der Waals surface area contributed by atoms with Gasteiger partial charge in [-0.15, -0.1) is 0 Å². The Morgan fingerprint density at radius 3 is 2.27 bits per heavy atom. The van der Waals surface area contributed by atoms with Gasteiger partial charge in [-0.25, -0.2) is 13.1 Å². The summed E-state index contributed by atoms with van der Waals surface area (Å²) in [6, 6.07) is -0.00860. The quantitative estimate of drug-likeness (QED) is 0.662. The summed E-state index contributed by atoms with van der Waals surface area (Å²) in [5.41, 5.74) is 5.36. The highest BCUT2D eigenvalue weighted by molar-refractivity contribution is 7.89. The van der Waals surface area contributed by atoms with Gasteiger partial charge < -0.3 is 5.73 Å². The van der Waals surface area contributed by atoms with E-state index in [1.807, 2.05) is 20.8 Å². The van der Waals surface area contributed by atoms with E-state index < -0.39 is 10.0 Å². The molecule has 0 amide bonds. The molecule has 4 nitrogen and oxygen atoms in total. The third kappa shape index (κ3) is 8.84. The first-order valence-electron chi connectivity index (χ1n) is 5.57. The minimum atomic E-state index is -3.10. The summed E-state index contributed by atoms with van der Waals surface area (Å²) in [4.78, 5) is 0. The van der Waals surface area contributed by atoms with Crippen molar-refractivity contribution in [3.05, 3.63) is 0 Å². The van der Waals surface area contributed by atoms with Crippen LogP contribution in [0.15, 0.2) is 0 Å². The lowest BCUT2D eigenvalue weighted by Crippen LogP contribution is -2.35. The molecule has 0 radical (unpaired) electrons. The Bertz CT molecular complexity index is 250. The third-order valence-corrected chi connectivity index (χ3v) is 3.72. The average Bonchev–Trinajstić information content (AvgIpc) is 2.11. The van der Waals surface area contributed by atoms with Gasteiger partial charge in [0.2, 0.25) is 10.0 Å². The summed E-state index contributed by atoms with van der Waals surface area (Å²) < 4.78 is 25.8. The monoisotopic (exact) mass is 236 g/mol. The van der Waals surface area contributed by atoms with E-state index in [0.29, 0.717) is 18.9 Å². The van der Waals surface area contributed by atoms with E-state index in [1.54, 1.807) is 0 Å². The zero-order valence-electron chi connectivity index (χ0n) is 9.99. The summed E-state index contributed by atoms with van der Waals surface area (Å²) in [6.07, 6.45) is 2.37. The van der Waals surface area contributed by atoms with Gasteiger partial charge in [-0.2, -0.15) is 0 Å². The van der Waals surface area contributed by atoms with Crippen molar-refractivity contribution in [3.8, 4) is 0 Å². The van der Waals surface area contributed by atoms with Crippen molar-refractivity contribution in [3.63, 3.8) is 0 Å². The molecule has 0 aliphatic rings. The fraction of sp³-hybridized carbons (Fsp3) is 1.00. The Balaban J connectivity index is 3.91. The van der Waals surface area contributed by atoms with Crippen LogP contribution in [0.1, 0.15) is 40.0 Å². The van der Waals surface area contributed by atoms with Crippen LogP contribution >= 0.6 is 0 Å². The van der Waals surface area contributed by atoms with Crippen LogP contribution in [-0.2, 0) is 10.0 Å². The van der Waals surface area contributed by atoms with E-state index in [9.17, 15) is 8.42 Å². The number of nitrogens with two attached hydrogens (primary N) is 1. The van der Waals surface area contributed by atoms with Crippen molar-refractivity contribution in [2.24, 2.45) is 11.7 Å². The smallest absolute Gasteiger partial charge is 0.211 e. The molecule has 92 valence electrons. The van der Waals surface area contributed by atoms with Gasteiger partial charge >= 0.3 is 0 Å². The van der Waals surface area contributed by atoms with Crippen molar-refractivity contribution in [2.75, 3.05) is 12.3 Å². The number of hydrogen-bond donors (Lipinski definition) is 2. The van der Waals surface area contributed by atoms with Crippen LogP contribution in [0.5, 0.6) is 0 Å². The zero-order valence-corrected chi connectivity index (χ0v) is 10.8. The van der Waals surface area contributed by atoms with Gasteiger partial charge in [0, 0.05) is 6.04 Å². The van der Waals surface area contributed by atoms with Crippen LogP contribution < -0.4 is 10.5 Å². The zero-order chi connectivity index (χ0) is 11.9. The van der Waals surface area contributed by atoms with Crippen LogP contribution in [0, 0.1) is 5.92 Å². The third-order valence-electron chi connectivity index (χ3n) is 2.19. The molecule has 0 saturated carbocycles. The lowest BCUT2D eigenvalue weighted by atomic mass is 10.2. The summed E-state index contributed by atoms with van der Waals surface area (Å²) in [6.45, 7) is 6.53. The van der Waals surface area contributed by atoms with Gasteiger partial charge in [0.05, 0.1) is 5.75 Å². The van der Waals surface area contributed by atoms with Crippen molar-refractivity contribution in [2.45, 2.75) is 46.1 Å². The van der Waals surface area contributed by atoms with E-state index >= 15 is 0 Å². The van der Waals surface area contributed by atoms with E-state index in [0.717, 1.165) is 12.8 Å². The molecule has 3 N–H and O–H groups in total. The molecular weight excluding hydrogens is 212 g/mol. The number of rotatable bonds is 8. The first-order valence-corrected chi connectivity index (χ1v) is 7.22. The summed E-state index contributed by atoms with van der Waals surface area (Å²) in [5, 5.41) is 0. The molecule has 0 spiro atoms. The lowest BCUT2D eigenvalue weighted by molar-refractivity contribution is 0.529. The molecule has 0 saturated heterocycles. The van der Waals surface area contributed by atoms with Crippen LogP contribution in [0.2, 0.25) is 0 Å². The maximum atomic E-state index is 11.6. The summed E-state index contributed by atoms with van der Waals surface area (Å²) in [7, 11) is -3.10. The van der Waals surface area contributed by atoms with Crippen LogP contribution in [-0.4, -0.2) is 26.8 Å². The van der Waals surface area contributed by atoms with Crippen molar-refractivity contribution in [1.82, 2.24) is 4.72 Å². The first kappa shape index (κ1) is 14.9. The Morgan fingerprint density at radius 1 is 1.20 bits per heavy atom. The Hall–Kier alpha value is -0.130. The van der Waals surface area contributed by atoms with Gasteiger partial charge in [0.25, 0.3) is 0 Å². The fourth-order valence-electron chi connectivity index (χ4n) is 1.24. The van der Waals surface area contributed by atoms with Gasteiger partial charge in [-0.3, -0.25) is 0 Å². The van der Waals surface area contributed by atoms with E-state index in [-0.39, 0.29) is 11.8 Å². The van der Waals surface area contributed by atoms with E-state index in [4.69, 9.17) is 5.73 Å². The second kappa shape index (κ2) is 7.19. The molecule has 0 rings (SSSR count). The normalized spacial score (nSPS) is 14.5. The average molecular weight is 236 g/mol. The predicted octanol–water partition coefficient (Wildman–Crippen LogP) is 1.08. The second-order valence-corrected chi connectivity index (χ2v) is 6.32. The maximum Gasteiger partial charge on any atom is 0.211 e. The fourth-order valence-corrected chi connectivity index (χ4v) is 2.87. The Kier molecular flexibility index (Phi) is 7.13. The number of sulfonamides is 1. The largest absolute Gasteiger partial charge is 0.330 e. The molecule has 5 heteroatoms. The molecule has 1 unspecified atom stereocenters. The molecule has 0 aliphatic carbocycles. The lowest BCUT2D eigenvalue weighted by Gasteiger charge is -2.14. The summed E-state index contributed by atoms with van der Waals surface area (Å²) >= 11 is 0. The van der Waals surface area contributed by atoms with Crippen LogP contribution in [0.25, 0.3) is 0 Å². The molecule has 0 aromatic rings. The molecule has 0 fully saturated rings. The van der Waals surface area contributed by atoms with Gasteiger partial charge in [0.1, 0.15) is 0 Å². The van der Waals surface area contributed by atoms with Crippen LogP contribution in [0.4, 0.5) is 0 Å². The highest BCUT2D eigenvalue weighted by Crippen LogP contribution is 2.04. The van der Waals surface area contributed by atoms with Gasteiger partial charge in [-0.1, -0.05) is 13.8 Å². The molecule has 15 heavy (non-hydrogen) atoms. The molecule has 0 aromatic heterocycles. The van der Waals surface area contributed by atoms with Crippen molar-refractivity contribution < 1.29 is 8.42 Å². The standard InChI is InChI=1S/C10H24N2O2S/c1-9(2)6-8-15(13,14)12-10(3)5-4-7-11/h9-10,12H,4-8,11H2,1-3H3. The molecule has 0 aliphatic heterocycles. The topological polar surface area (TPSA) is 72.2 Å². The first-order chi connectivity index (χ1) is 6.87. The van der Waals surface area contributed by atoms with Crippen molar-refractivity contribution >= 4 is 10.0 Å². The maximum absolute atomic E-state index is 11.6. The SMILES string of the molecule is CC(C)CCS(=O)(=O)NC(C)CCCN. The van der Waals surface area contributed by atoms with Gasteiger partial charge in [-0.05, 0) is 38.6 Å². The molecular formula is C10H24N2O2S. The van der Waals surface area contributed by atoms with E-state index in [1.165, 1.54) is 0 Å². The summed E-state index contributed by atoms with van der Waals surface area (Å²) in [5.74, 6) is 0.637. The van der Waals surface area contributed by atoms with Crippen LogP contribution in [0.3, 0.4) is 0 Å². The molecule has 0 heterocycles. The van der Waals surface area contributed by atoms with Gasteiger partial charge in [0.15, 0.2) is 0 Å². The minimum Gasteiger partial charge on any atom is -0.330 e. The molecule has 0 aromatic carbocycles.